The van der Waals surface area contributed by atoms with E-state index in [4.69, 9.17) is 4.98 Å². The normalized spacial score (nSPS) is 30.5. The largest absolute Gasteiger partial charge is 0.354 e. The highest BCUT2D eigenvalue weighted by Crippen LogP contribution is 2.38. The molecule has 0 amide bonds. The Hall–Kier alpha value is -2.00. The van der Waals surface area contributed by atoms with E-state index < -0.39 is 0 Å². The number of likely N-dealkylation sites (N-methyl/N-ethyl adjacent to an activating group) is 1. The van der Waals surface area contributed by atoms with Crippen molar-refractivity contribution in [3.63, 3.8) is 0 Å². The summed E-state index contributed by atoms with van der Waals surface area (Å²) in [5.41, 5.74) is 10.7. The molecule has 0 saturated carbocycles. The van der Waals surface area contributed by atoms with Crippen molar-refractivity contribution in [2.75, 3.05) is 44.7 Å². The molecule has 4 unspecified atom stereocenters. The molecule has 3 saturated heterocycles. The second-order valence-electron chi connectivity index (χ2n) is 8.85. The molecule has 29 heavy (non-hydrogen) atoms. The number of piperazine rings is 1. The Morgan fingerprint density at radius 1 is 1.07 bits per heavy atom. The minimum atomic E-state index is 0.230. The maximum atomic E-state index is 5.16. The molecule has 5 rings (SSSR count). The fourth-order valence-corrected chi connectivity index (χ4v) is 4.98. The molecule has 3 aliphatic heterocycles. The molecule has 2 aromatic rings. The number of aromatic nitrogens is 3. The van der Waals surface area contributed by atoms with Gasteiger partial charge in [0.25, 0.3) is 0 Å². The fourth-order valence-electron chi connectivity index (χ4n) is 4.98. The van der Waals surface area contributed by atoms with E-state index in [1.165, 1.54) is 11.1 Å². The van der Waals surface area contributed by atoms with Gasteiger partial charge in [0.05, 0.1) is 17.9 Å². The lowest BCUT2D eigenvalue weighted by atomic mass is 9.82. The molecule has 3 N–H and O–H groups in total. The molecule has 0 aromatic carbocycles. The highest BCUT2D eigenvalue weighted by Gasteiger charge is 2.42. The lowest BCUT2D eigenvalue weighted by Crippen LogP contribution is -2.46. The van der Waals surface area contributed by atoms with Crippen LogP contribution >= 0.6 is 0 Å². The van der Waals surface area contributed by atoms with E-state index in [0.29, 0.717) is 18.0 Å². The molecule has 5 heterocycles. The average molecular weight is 397 g/mol. The standard InChI is InChI=1S/C21H32N8/c1-14-4-5-17(24-21(14)29-8-6-27(2)7-9-29)20-16-10-18(15-11-23-28(3)13-15)22-12-19(16)25-26-20/h4-5,11,13,16,18-20,22,25-26H,6-10,12H2,1-3H3. The highest BCUT2D eigenvalue weighted by atomic mass is 15.4. The predicted molar refractivity (Wildman–Crippen MR) is 114 cm³/mol. The first-order chi connectivity index (χ1) is 14.1. The molecule has 3 fully saturated rings. The Kier molecular flexibility index (Phi) is 5.03. The lowest BCUT2D eigenvalue weighted by Gasteiger charge is -2.35. The van der Waals surface area contributed by atoms with Crippen molar-refractivity contribution in [1.29, 1.82) is 0 Å². The van der Waals surface area contributed by atoms with Gasteiger partial charge in [0, 0.05) is 69.5 Å². The molecule has 4 atom stereocenters. The first-order valence-electron chi connectivity index (χ1n) is 10.7. The van der Waals surface area contributed by atoms with Crippen LogP contribution in [0.25, 0.3) is 0 Å². The van der Waals surface area contributed by atoms with Gasteiger partial charge in [-0.15, -0.1) is 0 Å². The van der Waals surface area contributed by atoms with E-state index in [1.54, 1.807) is 0 Å². The second-order valence-corrected chi connectivity index (χ2v) is 8.85. The van der Waals surface area contributed by atoms with Gasteiger partial charge >= 0.3 is 0 Å². The minimum Gasteiger partial charge on any atom is -0.354 e. The van der Waals surface area contributed by atoms with E-state index >= 15 is 0 Å². The number of piperidine rings is 1. The van der Waals surface area contributed by atoms with Gasteiger partial charge in [-0.25, -0.2) is 10.4 Å². The van der Waals surface area contributed by atoms with Crippen molar-refractivity contribution in [3.8, 4) is 0 Å². The molecule has 0 spiro atoms. The van der Waals surface area contributed by atoms with Gasteiger partial charge < -0.3 is 15.1 Å². The van der Waals surface area contributed by atoms with Gasteiger partial charge in [-0.1, -0.05) is 6.07 Å². The Balaban J connectivity index is 1.37. The van der Waals surface area contributed by atoms with Gasteiger partial charge in [-0.2, -0.15) is 5.10 Å². The molecule has 3 aliphatic rings. The van der Waals surface area contributed by atoms with Crippen molar-refractivity contribution in [1.82, 2.24) is 35.8 Å². The van der Waals surface area contributed by atoms with Crippen molar-refractivity contribution in [2.24, 2.45) is 13.0 Å². The van der Waals surface area contributed by atoms with Crippen LogP contribution in [0.1, 0.15) is 35.3 Å². The van der Waals surface area contributed by atoms with Crippen LogP contribution in [0.2, 0.25) is 0 Å². The summed E-state index contributed by atoms with van der Waals surface area (Å²) >= 11 is 0. The Morgan fingerprint density at radius 3 is 2.66 bits per heavy atom. The summed E-state index contributed by atoms with van der Waals surface area (Å²) in [4.78, 5) is 9.99. The van der Waals surface area contributed by atoms with Gasteiger partial charge in [0.2, 0.25) is 0 Å². The number of hydrogen-bond donors (Lipinski definition) is 3. The third kappa shape index (κ3) is 3.66. The summed E-state index contributed by atoms with van der Waals surface area (Å²) in [7, 11) is 4.17. The van der Waals surface area contributed by atoms with E-state index in [-0.39, 0.29) is 6.04 Å². The zero-order valence-corrected chi connectivity index (χ0v) is 17.6. The van der Waals surface area contributed by atoms with Crippen LogP contribution in [0.15, 0.2) is 24.5 Å². The molecule has 0 bridgehead atoms. The van der Waals surface area contributed by atoms with Gasteiger partial charge in [-0.3, -0.25) is 10.1 Å². The molecule has 156 valence electrons. The maximum Gasteiger partial charge on any atom is 0.131 e. The van der Waals surface area contributed by atoms with E-state index in [9.17, 15) is 0 Å². The number of aryl methyl sites for hydroxylation is 2. The number of hydrogen-bond acceptors (Lipinski definition) is 7. The van der Waals surface area contributed by atoms with Crippen LogP contribution in [0, 0.1) is 12.8 Å². The number of hydrazine groups is 1. The zero-order chi connectivity index (χ0) is 20.0. The molecule has 0 radical (unpaired) electrons. The van der Waals surface area contributed by atoms with Crippen LogP contribution in [-0.2, 0) is 7.05 Å². The van der Waals surface area contributed by atoms with Crippen LogP contribution < -0.4 is 21.1 Å². The summed E-state index contributed by atoms with van der Waals surface area (Å²) in [5, 5.41) is 8.04. The summed E-state index contributed by atoms with van der Waals surface area (Å²) in [6.07, 6.45) is 5.18. The van der Waals surface area contributed by atoms with Crippen molar-refractivity contribution >= 4 is 5.82 Å². The van der Waals surface area contributed by atoms with Crippen molar-refractivity contribution in [2.45, 2.75) is 31.5 Å². The predicted octanol–water partition coefficient (Wildman–Crippen LogP) is 0.744. The van der Waals surface area contributed by atoms with E-state index in [0.717, 1.165) is 50.7 Å². The first-order valence-corrected chi connectivity index (χ1v) is 10.7. The highest BCUT2D eigenvalue weighted by molar-refractivity contribution is 5.48. The molecule has 0 aliphatic carbocycles. The van der Waals surface area contributed by atoms with Crippen LogP contribution in [-0.4, -0.2) is 65.5 Å². The Bertz CT molecular complexity index is 856. The summed E-state index contributed by atoms with van der Waals surface area (Å²) in [6, 6.07) is 5.44. The van der Waals surface area contributed by atoms with Crippen LogP contribution in [0.3, 0.4) is 0 Å². The summed E-state index contributed by atoms with van der Waals surface area (Å²) < 4.78 is 1.88. The lowest BCUT2D eigenvalue weighted by molar-refractivity contribution is 0.265. The van der Waals surface area contributed by atoms with E-state index in [2.05, 4.69) is 63.4 Å². The van der Waals surface area contributed by atoms with Crippen LogP contribution in [0.4, 0.5) is 5.82 Å². The second kappa shape index (κ2) is 7.68. The molecule has 2 aromatic heterocycles. The van der Waals surface area contributed by atoms with Crippen molar-refractivity contribution in [3.05, 3.63) is 41.3 Å². The quantitative estimate of drug-likeness (QED) is 0.707. The number of nitrogens with zero attached hydrogens (tertiary/aromatic N) is 5. The fraction of sp³-hybridized carbons (Fsp3) is 0.619. The number of rotatable bonds is 3. The third-order valence-corrected chi connectivity index (χ3v) is 6.80. The third-order valence-electron chi connectivity index (χ3n) is 6.80. The zero-order valence-electron chi connectivity index (χ0n) is 17.6. The number of nitrogens with one attached hydrogen (secondary N) is 3. The van der Waals surface area contributed by atoms with Gasteiger partial charge in [0.15, 0.2) is 0 Å². The molecule has 8 nitrogen and oxygen atoms in total. The van der Waals surface area contributed by atoms with Gasteiger partial charge in [-0.05, 0) is 32.0 Å². The summed E-state index contributed by atoms with van der Waals surface area (Å²) in [6.45, 7) is 7.41. The van der Waals surface area contributed by atoms with Gasteiger partial charge in [0.1, 0.15) is 5.82 Å². The summed E-state index contributed by atoms with van der Waals surface area (Å²) in [5.74, 6) is 1.65. The molecular weight excluding hydrogens is 364 g/mol. The van der Waals surface area contributed by atoms with Crippen LogP contribution in [0.5, 0.6) is 0 Å². The monoisotopic (exact) mass is 396 g/mol. The topological polar surface area (TPSA) is 73.3 Å². The number of pyridine rings is 1. The van der Waals surface area contributed by atoms with Crippen molar-refractivity contribution < 1.29 is 0 Å². The molecule has 8 heteroatoms. The SMILES string of the molecule is Cc1ccc(C2NNC3CNC(c4cnn(C)c4)CC32)nc1N1CCN(C)CC1. The number of fused-ring (bicyclic) bond motifs is 1. The maximum absolute atomic E-state index is 5.16. The smallest absolute Gasteiger partial charge is 0.131 e. The molecular formula is C21H32N8. The number of anilines is 1. The minimum absolute atomic E-state index is 0.230. The van der Waals surface area contributed by atoms with E-state index in [1.807, 2.05) is 17.9 Å². The first kappa shape index (κ1) is 19.0. The Morgan fingerprint density at radius 2 is 1.90 bits per heavy atom. The Labute approximate surface area is 172 Å². The average Bonchev–Trinajstić information content (AvgIpc) is 3.35.